The highest BCUT2D eigenvalue weighted by molar-refractivity contribution is 7.92. The molecule has 2 atom stereocenters. The Morgan fingerprint density at radius 3 is 2.47 bits per heavy atom. The van der Waals surface area contributed by atoms with Crippen molar-refractivity contribution in [3.63, 3.8) is 0 Å². The zero-order valence-corrected chi connectivity index (χ0v) is 21.1. The summed E-state index contributed by atoms with van der Waals surface area (Å²) in [7, 11) is -3.31. The van der Waals surface area contributed by atoms with E-state index in [1.807, 2.05) is 54.8 Å². The molecule has 0 saturated carbocycles. The highest BCUT2D eigenvalue weighted by Gasteiger charge is 2.49. The Morgan fingerprint density at radius 2 is 1.85 bits per heavy atom. The van der Waals surface area contributed by atoms with Crippen LogP contribution >= 0.6 is 11.5 Å². The van der Waals surface area contributed by atoms with Crippen LogP contribution < -0.4 is 9.46 Å². The van der Waals surface area contributed by atoms with Crippen LogP contribution in [-0.4, -0.2) is 41.4 Å². The average molecular weight is 497 g/mol. The number of rotatable bonds is 10. The Morgan fingerprint density at radius 1 is 1.12 bits per heavy atom. The Balaban J connectivity index is 1.57. The first kappa shape index (κ1) is 24.1. The van der Waals surface area contributed by atoms with Gasteiger partial charge in [-0.25, -0.2) is 8.42 Å². The highest BCUT2D eigenvalue weighted by Crippen LogP contribution is 2.40. The smallest absolute Gasteiger partial charge is 0.329 e. The number of aliphatic imine (C=N–C) groups is 1. The van der Waals surface area contributed by atoms with Gasteiger partial charge in [-0.05, 0) is 61.5 Å². The molecule has 4 rings (SSSR count). The van der Waals surface area contributed by atoms with Gasteiger partial charge >= 0.3 is 6.01 Å². The second kappa shape index (κ2) is 9.68. The third-order valence-corrected chi connectivity index (χ3v) is 7.49. The standard InChI is InChI=1S/C25H28N4O3S2/c1-4-25(24(2)16-8-18-26-24,17-15-19-11-13-21(14-12-19)29-34(3,30)31)32-23-27-22(33-28-23)20-9-6-5-7-10-20/h5-14,16,18,29H,4,15,17H2,1-3H3. The maximum atomic E-state index is 11.5. The number of sulfonamides is 1. The normalized spacial score (nSPS) is 19.1. The van der Waals surface area contributed by atoms with Gasteiger partial charge in [0.1, 0.15) is 16.1 Å². The number of anilines is 1. The zero-order valence-electron chi connectivity index (χ0n) is 19.4. The number of nitrogens with zero attached hydrogens (tertiary/aromatic N) is 3. The molecule has 9 heteroatoms. The molecule has 0 radical (unpaired) electrons. The van der Waals surface area contributed by atoms with Crippen LogP contribution in [0.15, 0.2) is 71.7 Å². The van der Waals surface area contributed by atoms with Crippen LogP contribution in [0.5, 0.6) is 6.01 Å². The fourth-order valence-corrected chi connectivity index (χ4v) is 5.35. The lowest BCUT2D eigenvalue weighted by molar-refractivity contribution is 0.000240. The van der Waals surface area contributed by atoms with Gasteiger partial charge < -0.3 is 4.74 Å². The molecule has 0 saturated heterocycles. The maximum Gasteiger partial charge on any atom is 0.329 e. The van der Waals surface area contributed by atoms with E-state index in [0.717, 1.165) is 28.8 Å². The number of aryl methyl sites for hydroxylation is 1. The fraction of sp³-hybridized carbons (Fsp3) is 0.320. The molecule has 0 aliphatic carbocycles. The predicted octanol–water partition coefficient (Wildman–Crippen LogP) is 5.14. The minimum absolute atomic E-state index is 0.357. The number of aromatic nitrogens is 2. The number of nitrogens with one attached hydrogen (secondary N) is 1. The van der Waals surface area contributed by atoms with Gasteiger partial charge in [-0.1, -0.05) is 55.5 Å². The van der Waals surface area contributed by atoms with Crippen LogP contribution in [-0.2, 0) is 16.4 Å². The Hall–Kier alpha value is -3.04. The van der Waals surface area contributed by atoms with Gasteiger partial charge in [0.2, 0.25) is 10.0 Å². The summed E-state index contributed by atoms with van der Waals surface area (Å²) in [6.07, 6.45) is 9.08. The van der Waals surface area contributed by atoms with Crippen LogP contribution in [0, 0.1) is 0 Å². The van der Waals surface area contributed by atoms with E-state index in [0.29, 0.717) is 24.5 Å². The Kier molecular flexibility index (Phi) is 6.86. The first-order valence-electron chi connectivity index (χ1n) is 11.1. The van der Waals surface area contributed by atoms with E-state index in [-0.39, 0.29) is 0 Å². The predicted molar refractivity (Wildman–Crippen MR) is 138 cm³/mol. The molecule has 178 valence electrons. The molecule has 1 aliphatic rings. The summed E-state index contributed by atoms with van der Waals surface area (Å²) >= 11 is 1.32. The van der Waals surface area contributed by atoms with Crippen molar-refractivity contribution in [1.82, 2.24) is 9.36 Å². The van der Waals surface area contributed by atoms with Gasteiger partial charge in [0.25, 0.3) is 0 Å². The lowest BCUT2D eigenvalue weighted by atomic mass is 9.76. The van der Waals surface area contributed by atoms with E-state index in [9.17, 15) is 8.42 Å². The van der Waals surface area contributed by atoms with E-state index >= 15 is 0 Å². The molecule has 1 aromatic heterocycles. The van der Waals surface area contributed by atoms with Crippen molar-refractivity contribution < 1.29 is 13.2 Å². The van der Waals surface area contributed by atoms with Crippen LogP contribution in [0.2, 0.25) is 0 Å². The van der Waals surface area contributed by atoms with E-state index in [1.165, 1.54) is 11.5 Å². The monoisotopic (exact) mass is 496 g/mol. The summed E-state index contributed by atoms with van der Waals surface area (Å²) in [6.45, 7) is 4.16. The van der Waals surface area contributed by atoms with Crippen LogP contribution in [0.25, 0.3) is 10.6 Å². The number of benzene rings is 2. The molecule has 1 aliphatic heterocycles. The van der Waals surface area contributed by atoms with Gasteiger partial charge in [-0.3, -0.25) is 9.71 Å². The minimum Gasteiger partial charge on any atom is -0.453 e. The van der Waals surface area contributed by atoms with Crippen molar-refractivity contribution in [3.05, 3.63) is 72.3 Å². The van der Waals surface area contributed by atoms with Crippen molar-refractivity contribution in [3.8, 4) is 16.6 Å². The topological polar surface area (TPSA) is 93.5 Å². The Labute approximate surface area is 204 Å². The average Bonchev–Trinajstić information content (AvgIpc) is 3.47. The summed E-state index contributed by atoms with van der Waals surface area (Å²) < 4.78 is 36.5. The number of allylic oxidation sites excluding steroid dienone is 1. The molecular weight excluding hydrogens is 468 g/mol. The SMILES string of the molecule is CCC(CCc1ccc(NS(C)(=O)=O)cc1)(Oc1nsc(-c2ccccc2)n1)C1(C)C=CC=N1. The van der Waals surface area contributed by atoms with Crippen LogP contribution in [0.1, 0.15) is 32.3 Å². The lowest BCUT2D eigenvalue weighted by Crippen LogP contribution is -2.53. The second-order valence-electron chi connectivity index (χ2n) is 8.55. The zero-order chi connectivity index (χ0) is 24.2. The van der Waals surface area contributed by atoms with Gasteiger partial charge in [0.05, 0.1) is 6.26 Å². The second-order valence-corrected chi connectivity index (χ2v) is 11.1. The number of hydrogen-bond acceptors (Lipinski definition) is 7. The number of hydrogen-bond donors (Lipinski definition) is 1. The van der Waals surface area contributed by atoms with Gasteiger partial charge in [-0.15, -0.1) is 4.37 Å². The molecular formula is C25H28N4O3S2. The minimum atomic E-state index is -3.31. The molecule has 1 N–H and O–H groups in total. The summed E-state index contributed by atoms with van der Waals surface area (Å²) in [6, 6.07) is 17.7. The lowest BCUT2D eigenvalue weighted by Gasteiger charge is -2.42. The molecule has 7 nitrogen and oxygen atoms in total. The molecule has 0 fully saturated rings. The maximum absolute atomic E-state index is 11.5. The molecule has 0 amide bonds. The molecule has 34 heavy (non-hydrogen) atoms. The Bertz CT molecular complexity index is 1270. The van der Waals surface area contributed by atoms with E-state index in [2.05, 4.69) is 34.0 Å². The van der Waals surface area contributed by atoms with Crippen LogP contribution in [0.3, 0.4) is 0 Å². The third kappa shape index (κ3) is 5.37. The van der Waals surface area contributed by atoms with Crippen LogP contribution in [0.4, 0.5) is 5.69 Å². The third-order valence-electron chi connectivity index (χ3n) is 6.13. The largest absolute Gasteiger partial charge is 0.453 e. The van der Waals surface area contributed by atoms with Crippen molar-refractivity contribution in [2.75, 3.05) is 11.0 Å². The van der Waals surface area contributed by atoms with Crippen molar-refractivity contribution in [1.29, 1.82) is 0 Å². The molecule has 2 aromatic carbocycles. The fourth-order valence-electron chi connectivity index (χ4n) is 4.18. The first-order valence-corrected chi connectivity index (χ1v) is 13.8. The quantitative estimate of drug-likeness (QED) is 0.420. The van der Waals surface area contributed by atoms with E-state index in [1.54, 1.807) is 12.1 Å². The van der Waals surface area contributed by atoms with E-state index in [4.69, 9.17) is 9.73 Å². The van der Waals surface area contributed by atoms with Gasteiger partial charge in [0, 0.05) is 17.5 Å². The molecule has 0 bridgehead atoms. The first-order chi connectivity index (χ1) is 16.2. The highest BCUT2D eigenvalue weighted by atomic mass is 32.2. The van der Waals surface area contributed by atoms with Gasteiger partial charge in [0.15, 0.2) is 0 Å². The summed E-state index contributed by atoms with van der Waals surface area (Å²) in [5, 5.41) is 0.810. The van der Waals surface area contributed by atoms with Crippen molar-refractivity contribution in [2.24, 2.45) is 4.99 Å². The van der Waals surface area contributed by atoms with Gasteiger partial charge in [-0.2, -0.15) is 4.98 Å². The van der Waals surface area contributed by atoms with Crippen molar-refractivity contribution in [2.45, 2.75) is 44.2 Å². The summed E-state index contributed by atoms with van der Waals surface area (Å²) in [5.74, 6) is 0. The molecule has 3 aromatic rings. The van der Waals surface area contributed by atoms with E-state index < -0.39 is 21.2 Å². The number of ether oxygens (including phenoxy) is 1. The summed E-state index contributed by atoms with van der Waals surface area (Å²) in [4.78, 5) is 9.41. The molecule has 0 spiro atoms. The summed E-state index contributed by atoms with van der Waals surface area (Å²) in [5.41, 5.74) is 1.41. The molecule has 2 unspecified atom stereocenters. The van der Waals surface area contributed by atoms with Crippen molar-refractivity contribution >= 4 is 33.5 Å². The molecule has 2 heterocycles.